The van der Waals surface area contributed by atoms with Gasteiger partial charge in [-0.25, -0.2) is 4.39 Å². The number of halogens is 1. The second kappa shape index (κ2) is 6.96. The summed E-state index contributed by atoms with van der Waals surface area (Å²) in [6.45, 7) is 2.62. The van der Waals surface area contributed by atoms with Gasteiger partial charge in [-0.1, -0.05) is 29.4 Å². The minimum absolute atomic E-state index is 0.0312. The van der Waals surface area contributed by atoms with Crippen LogP contribution in [0.2, 0.25) is 0 Å². The van der Waals surface area contributed by atoms with Crippen LogP contribution in [0.4, 0.5) is 4.39 Å². The highest BCUT2D eigenvalue weighted by Crippen LogP contribution is 2.32. The zero-order chi connectivity index (χ0) is 19.0. The topological polar surface area (TPSA) is 66.6 Å². The van der Waals surface area contributed by atoms with E-state index in [1.54, 1.807) is 24.0 Å². The molecule has 1 amide bonds. The third-order valence-corrected chi connectivity index (χ3v) is 4.88. The van der Waals surface area contributed by atoms with E-state index in [0.29, 0.717) is 29.9 Å². The average Bonchev–Trinajstić information content (AvgIpc) is 3.13. The van der Waals surface area contributed by atoms with Crippen LogP contribution in [0.5, 0.6) is 0 Å². The summed E-state index contributed by atoms with van der Waals surface area (Å²) in [5.74, 6) is -0.644. The molecule has 1 N–H and O–H groups in total. The first-order valence-corrected chi connectivity index (χ1v) is 8.84. The lowest BCUT2D eigenvalue weighted by Gasteiger charge is -2.28. The van der Waals surface area contributed by atoms with Crippen molar-refractivity contribution in [3.8, 4) is 11.3 Å². The van der Waals surface area contributed by atoms with Gasteiger partial charge in [0.2, 0.25) is 5.76 Å². The van der Waals surface area contributed by atoms with Crippen molar-refractivity contribution < 1.29 is 18.8 Å². The Morgan fingerprint density at radius 2 is 1.89 bits per heavy atom. The number of carbonyl (C=O) groups is 1. The van der Waals surface area contributed by atoms with E-state index in [1.165, 1.54) is 17.7 Å². The highest BCUT2D eigenvalue weighted by Gasteiger charge is 2.31. The van der Waals surface area contributed by atoms with E-state index >= 15 is 0 Å². The Bertz CT molecular complexity index is 979. The van der Waals surface area contributed by atoms with E-state index in [-0.39, 0.29) is 17.5 Å². The van der Waals surface area contributed by atoms with Crippen LogP contribution in [0.25, 0.3) is 11.3 Å². The third kappa shape index (κ3) is 3.24. The number of aromatic nitrogens is 1. The minimum atomic E-state index is -0.952. The molecule has 0 unspecified atom stereocenters. The molecule has 0 bridgehead atoms. The summed E-state index contributed by atoms with van der Waals surface area (Å²) in [5, 5.41) is 14.2. The molecule has 1 aromatic heterocycles. The Labute approximate surface area is 156 Å². The van der Waals surface area contributed by atoms with Gasteiger partial charge in [-0.15, -0.1) is 0 Å². The molecule has 5 nitrogen and oxygen atoms in total. The monoisotopic (exact) mass is 366 g/mol. The van der Waals surface area contributed by atoms with E-state index in [1.807, 2.05) is 18.2 Å². The molecular weight excluding hydrogens is 347 g/mol. The molecule has 6 heteroatoms. The molecule has 1 atom stereocenters. The summed E-state index contributed by atoms with van der Waals surface area (Å²) in [5.41, 5.74) is 3.60. The maximum Gasteiger partial charge on any atom is 0.293 e. The van der Waals surface area contributed by atoms with Crippen LogP contribution in [-0.2, 0) is 13.0 Å². The van der Waals surface area contributed by atoms with E-state index in [0.717, 1.165) is 12.0 Å². The fraction of sp³-hybridized carbons (Fsp3) is 0.238. The Kier molecular flexibility index (Phi) is 4.49. The minimum Gasteiger partial charge on any atom is -0.388 e. The summed E-state index contributed by atoms with van der Waals surface area (Å²) in [7, 11) is 0. The fourth-order valence-corrected chi connectivity index (χ4v) is 3.47. The highest BCUT2D eigenvalue weighted by atomic mass is 19.1. The number of hydrogen-bond donors (Lipinski definition) is 1. The van der Waals surface area contributed by atoms with Gasteiger partial charge in [-0.2, -0.15) is 0 Å². The lowest BCUT2D eigenvalue weighted by atomic mass is 9.98. The lowest BCUT2D eigenvalue weighted by molar-refractivity contribution is 0.0684. The molecule has 0 saturated heterocycles. The quantitative estimate of drug-likeness (QED) is 0.767. The molecule has 4 rings (SSSR count). The van der Waals surface area contributed by atoms with Gasteiger partial charge in [-0.05, 0) is 48.7 Å². The van der Waals surface area contributed by atoms with Crippen LogP contribution < -0.4 is 0 Å². The number of hydrogen-bond acceptors (Lipinski definition) is 4. The second-order valence-electron chi connectivity index (χ2n) is 6.70. The molecule has 2 heterocycles. The molecule has 0 saturated carbocycles. The predicted octanol–water partition coefficient (Wildman–Crippen LogP) is 3.73. The SMILES string of the molecule is C[C@H](O)c1c(-c2ccc(F)cc2)noc1C(=O)N1CCc2ccccc2C1. The molecule has 2 aromatic carbocycles. The highest BCUT2D eigenvalue weighted by molar-refractivity contribution is 5.94. The first kappa shape index (κ1) is 17.4. The van der Waals surface area contributed by atoms with Crippen molar-refractivity contribution in [2.45, 2.75) is 26.0 Å². The number of fused-ring (bicyclic) bond motifs is 1. The molecule has 1 aliphatic heterocycles. The second-order valence-corrected chi connectivity index (χ2v) is 6.70. The summed E-state index contributed by atoms with van der Waals surface area (Å²) < 4.78 is 18.6. The molecule has 0 radical (unpaired) electrons. The Morgan fingerprint density at radius 3 is 2.59 bits per heavy atom. The Balaban J connectivity index is 1.68. The van der Waals surface area contributed by atoms with Gasteiger partial charge in [0.25, 0.3) is 5.91 Å². The predicted molar refractivity (Wildman–Crippen MR) is 97.4 cm³/mol. The van der Waals surface area contributed by atoms with Crippen molar-refractivity contribution in [1.82, 2.24) is 10.1 Å². The van der Waals surface area contributed by atoms with Crippen molar-refractivity contribution >= 4 is 5.91 Å². The Morgan fingerprint density at radius 1 is 1.19 bits per heavy atom. The fourth-order valence-electron chi connectivity index (χ4n) is 3.47. The normalized spacial score (nSPS) is 14.7. The van der Waals surface area contributed by atoms with Crippen LogP contribution in [0.1, 0.15) is 40.3 Å². The summed E-state index contributed by atoms with van der Waals surface area (Å²) in [6, 6.07) is 13.7. The standard InChI is InChI=1S/C21H19FN2O3/c1-13(25)18-19(15-6-8-17(22)9-7-15)23-27-20(18)21(26)24-11-10-14-4-2-3-5-16(14)12-24/h2-9,13,25H,10-12H2,1H3/t13-/m0/s1. The van der Waals surface area contributed by atoms with Gasteiger partial charge in [-0.3, -0.25) is 4.79 Å². The van der Waals surface area contributed by atoms with Gasteiger partial charge < -0.3 is 14.5 Å². The first-order chi connectivity index (χ1) is 13.0. The van der Waals surface area contributed by atoms with E-state index in [4.69, 9.17) is 4.52 Å². The van der Waals surface area contributed by atoms with Crippen molar-refractivity contribution in [3.05, 3.63) is 76.8 Å². The van der Waals surface area contributed by atoms with E-state index in [9.17, 15) is 14.3 Å². The zero-order valence-electron chi connectivity index (χ0n) is 14.9. The molecule has 0 fully saturated rings. The Hall–Kier alpha value is -2.99. The first-order valence-electron chi connectivity index (χ1n) is 8.84. The molecule has 0 spiro atoms. The van der Waals surface area contributed by atoms with Gasteiger partial charge in [0.1, 0.15) is 11.5 Å². The van der Waals surface area contributed by atoms with Crippen LogP contribution in [0.15, 0.2) is 53.1 Å². The van der Waals surface area contributed by atoms with Crippen LogP contribution in [-0.4, -0.2) is 27.6 Å². The average molecular weight is 366 g/mol. The van der Waals surface area contributed by atoms with Crippen LogP contribution in [0, 0.1) is 5.82 Å². The number of rotatable bonds is 3. The summed E-state index contributed by atoms with van der Waals surface area (Å²) in [4.78, 5) is 14.8. The van der Waals surface area contributed by atoms with Crippen molar-refractivity contribution in [2.75, 3.05) is 6.54 Å². The molecular formula is C21H19FN2O3. The molecule has 27 heavy (non-hydrogen) atoms. The van der Waals surface area contributed by atoms with Crippen LogP contribution in [0.3, 0.4) is 0 Å². The number of nitrogens with zero attached hydrogens (tertiary/aromatic N) is 2. The number of amides is 1. The largest absolute Gasteiger partial charge is 0.388 e. The van der Waals surface area contributed by atoms with Gasteiger partial charge >= 0.3 is 0 Å². The smallest absolute Gasteiger partial charge is 0.293 e. The maximum atomic E-state index is 13.2. The summed E-state index contributed by atoms with van der Waals surface area (Å²) in [6.07, 6.45) is -0.183. The molecule has 1 aliphatic rings. The van der Waals surface area contributed by atoms with Gasteiger partial charge in [0, 0.05) is 18.7 Å². The number of aliphatic hydroxyl groups is 1. The van der Waals surface area contributed by atoms with Crippen LogP contribution >= 0.6 is 0 Å². The van der Waals surface area contributed by atoms with E-state index in [2.05, 4.69) is 11.2 Å². The number of benzene rings is 2. The van der Waals surface area contributed by atoms with E-state index < -0.39 is 6.10 Å². The van der Waals surface area contributed by atoms with Gasteiger partial charge in [0.05, 0.1) is 11.7 Å². The van der Waals surface area contributed by atoms with Crippen molar-refractivity contribution in [3.63, 3.8) is 0 Å². The molecule has 0 aliphatic carbocycles. The maximum absolute atomic E-state index is 13.2. The number of carbonyl (C=O) groups excluding carboxylic acids is 1. The molecule has 138 valence electrons. The lowest BCUT2D eigenvalue weighted by Crippen LogP contribution is -2.36. The number of aliphatic hydroxyl groups excluding tert-OH is 1. The zero-order valence-corrected chi connectivity index (χ0v) is 14.9. The van der Waals surface area contributed by atoms with Crippen molar-refractivity contribution in [1.29, 1.82) is 0 Å². The van der Waals surface area contributed by atoms with Crippen molar-refractivity contribution in [2.24, 2.45) is 0 Å². The third-order valence-electron chi connectivity index (χ3n) is 4.88. The molecule has 3 aromatic rings. The summed E-state index contributed by atoms with van der Waals surface area (Å²) >= 11 is 0. The van der Waals surface area contributed by atoms with Gasteiger partial charge in [0.15, 0.2) is 0 Å².